The van der Waals surface area contributed by atoms with Crippen LogP contribution in [0.3, 0.4) is 0 Å². The quantitative estimate of drug-likeness (QED) is 0.378. The monoisotopic (exact) mass is 311 g/mol. The predicted molar refractivity (Wildman–Crippen MR) is 81.4 cm³/mol. The zero-order chi connectivity index (χ0) is 16.8. The number of hydrogen-bond acceptors (Lipinski definition) is 5. The Labute approximate surface area is 129 Å². The van der Waals surface area contributed by atoms with Crippen LogP contribution in [0.5, 0.6) is 11.5 Å². The van der Waals surface area contributed by atoms with Crippen LogP contribution in [-0.4, -0.2) is 48.5 Å². The topological polar surface area (TPSA) is 105 Å². The third-order valence-electron chi connectivity index (χ3n) is 2.15. The van der Waals surface area contributed by atoms with Gasteiger partial charge in [-0.15, -0.1) is 6.58 Å². The number of nitrogens with one attached hydrogen (secondary N) is 1. The molecular weight excluding hydrogens is 290 g/mol. The van der Waals surface area contributed by atoms with E-state index >= 15 is 0 Å². The molecule has 0 fully saturated rings. The Kier molecular flexibility index (Phi) is 10.8. The largest absolute Gasteiger partial charge is 0.494 e. The van der Waals surface area contributed by atoms with Gasteiger partial charge in [-0.1, -0.05) is 6.08 Å². The van der Waals surface area contributed by atoms with Crippen molar-refractivity contribution in [2.75, 3.05) is 26.3 Å². The van der Waals surface area contributed by atoms with Crippen molar-refractivity contribution in [3.8, 4) is 11.5 Å². The van der Waals surface area contributed by atoms with Gasteiger partial charge in [0.15, 0.2) is 0 Å². The molecule has 3 N–H and O–H groups in total. The third-order valence-corrected chi connectivity index (χ3v) is 2.15. The number of carbonyl (C=O) groups is 2. The Balaban J connectivity index is 0.000000626. The van der Waals surface area contributed by atoms with E-state index in [1.807, 2.05) is 37.3 Å². The highest BCUT2D eigenvalue weighted by atomic mass is 16.5. The van der Waals surface area contributed by atoms with Gasteiger partial charge in [0.25, 0.3) is 0 Å². The number of carboxylic acids is 2. The smallest absolute Gasteiger partial charge is 0.414 e. The fourth-order valence-corrected chi connectivity index (χ4v) is 1.24. The van der Waals surface area contributed by atoms with Crippen LogP contribution in [-0.2, 0) is 9.59 Å². The highest BCUT2D eigenvalue weighted by Gasteiger charge is 2.04. The van der Waals surface area contributed by atoms with E-state index in [0.717, 1.165) is 24.6 Å². The summed E-state index contributed by atoms with van der Waals surface area (Å²) in [5.41, 5.74) is 0. The summed E-state index contributed by atoms with van der Waals surface area (Å²) >= 11 is 0. The molecule has 0 aromatic heterocycles. The Hall–Kier alpha value is -2.54. The molecule has 1 rings (SSSR count). The van der Waals surface area contributed by atoms with E-state index in [9.17, 15) is 0 Å². The van der Waals surface area contributed by atoms with Crippen LogP contribution in [0.2, 0.25) is 0 Å². The maximum absolute atomic E-state index is 9.10. The van der Waals surface area contributed by atoms with Crippen molar-refractivity contribution in [2.24, 2.45) is 0 Å². The van der Waals surface area contributed by atoms with E-state index in [-0.39, 0.29) is 0 Å². The van der Waals surface area contributed by atoms with Crippen LogP contribution in [0.15, 0.2) is 36.9 Å². The van der Waals surface area contributed by atoms with Gasteiger partial charge in [0.1, 0.15) is 18.1 Å². The summed E-state index contributed by atoms with van der Waals surface area (Å²) < 4.78 is 10.9. The summed E-state index contributed by atoms with van der Waals surface area (Å²) in [4.78, 5) is 18.2. The molecule has 1 aromatic rings. The van der Waals surface area contributed by atoms with Gasteiger partial charge in [0.2, 0.25) is 0 Å². The lowest BCUT2D eigenvalue weighted by atomic mass is 10.3. The molecule has 0 saturated carbocycles. The average molecular weight is 311 g/mol. The second-order valence-electron chi connectivity index (χ2n) is 3.86. The van der Waals surface area contributed by atoms with Crippen LogP contribution in [0.1, 0.15) is 6.92 Å². The number of hydrogen-bond donors (Lipinski definition) is 3. The lowest BCUT2D eigenvalue weighted by Crippen LogP contribution is -2.20. The van der Waals surface area contributed by atoms with E-state index in [0.29, 0.717) is 13.2 Å². The summed E-state index contributed by atoms with van der Waals surface area (Å²) in [7, 11) is 0. The molecule has 0 aliphatic heterocycles. The molecule has 0 radical (unpaired) electrons. The van der Waals surface area contributed by atoms with E-state index in [1.165, 1.54) is 0 Å². The van der Waals surface area contributed by atoms with Crippen LogP contribution < -0.4 is 14.8 Å². The molecular formula is C15H21NO6. The summed E-state index contributed by atoms with van der Waals surface area (Å²) in [5.74, 6) is -1.91. The lowest BCUT2D eigenvalue weighted by molar-refractivity contribution is -0.159. The van der Waals surface area contributed by atoms with Crippen LogP contribution >= 0.6 is 0 Å². The minimum Gasteiger partial charge on any atom is -0.494 e. The Morgan fingerprint density at radius 2 is 1.64 bits per heavy atom. The SMILES string of the molecule is C=CCNCCOc1ccc(OCC)cc1.O=C(O)C(=O)O. The molecule has 0 heterocycles. The van der Waals surface area contributed by atoms with E-state index in [2.05, 4.69) is 11.9 Å². The first kappa shape index (κ1) is 19.5. The zero-order valence-electron chi connectivity index (χ0n) is 12.4. The van der Waals surface area contributed by atoms with Crippen LogP contribution in [0.25, 0.3) is 0 Å². The zero-order valence-corrected chi connectivity index (χ0v) is 12.4. The van der Waals surface area contributed by atoms with Gasteiger partial charge in [0, 0.05) is 13.1 Å². The van der Waals surface area contributed by atoms with Gasteiger partial charge >= 0.3 is 11.9 Å². The van der Waals surface area contributed by atoms with Crippen molar-refractivity contribution in [1.82, 2.24) is 5.32 Å². The predicted octanol–water partition coefficient (Wildman–Crippen LogP) is 1.40. The van der Waals surface area contributed by atoms with Crippen molar-refractivity contribution in [1.29, 1.82) is 0 Å². The highest BCUT2D eigenvalue weighted by Crippen LogP contribution is 2.17. The molecule has 122 valence electrons. The van der Waals surface area contributed by atoms with Gasteiger partial charge in [0.05, 0.1) is 6.61 Å². The van der Waals surface area contributed by atoms with Crippen molar-refractivity contribution >= 4 is 11.9 Å². The standard InChI is InChI=1S/C13H19NO2.C2H2O4/c1-3-9-14-10-11-16-13-7-5-12(6-8-13)15-4-2;3-1(4)2(5)6/h3,5-8,14H,1,4,9-11H2,2H3;(H,3,4)(H,5,6). The minimum atomic E-state index is -1.82. The first-order valence-electron chi connectivity index (χ1n) is 6.64. The average Bonchev–Trinajstić information content (AvgIpc) is 2.49. The van der Waals surface area contributed by atoms with E-state index < -0.39 is 11.9 Å². The van der Waals surface area contributed by atoms with Gasteiger partial charge < -0.3 is 25.0 Å². The molecule has 0 unspecified atom stereocenters. The summed E-state index contributed by atoms with van der Waals surface area (Å²) in [6.07, 6.45) is 1.83. The second kappa shape index (κ2) is 12.2. The van der Waals surface area contributed by atoms with Gasteiger partial charge in [-0.25, -0.2) is 9.59 Å². The molecule has 0 spiro atoms. The van der Waals surface area contributed by atoms with Crippen LogP contribution in [0.4, 0.5) is 0 Å². The summed E-state index contributed by atoms with van der Waals surface area (Å²) in [6.45, 7) is 8.57. The molecule has 1 aromatic carbocycles. The van der Waals surface area contributed by atoms with Crippen molar-refractivity contribution < 1.29 is 29.3 Å². The van der Waals surface area contributed by atoms with Crippen molar-refractivity contribution in [3.05, 3.63) is 36.9 Å². The van der Waals surface area contributed by atoms with Gasteiger partial charge in [-0.05, 0) is 31.2 Å². The maximum atomic E-state index is 9.10. The third kappa shape index (κ3) is 10.3. The van der Waals surface area contributed by atoms with E-state index in [1.54, 1.807) is 0 Å². The fraction of sp³-hybridized carbons (Fsp3) is 0.333. The number of ether oxygens (including phenoxy) is 2. The molecule has 0 aliphatic carbocycles. The molecule has 7 heteroatoms. The van der Waals surface area contributed by atoms with Crippen molar-refractivity contribution in [2.45, 2.75) is 6.92 Å². The first-order valence-corrected chi connectivity index (χ1v) is 6.64. The first-order chi connectivity index (χ1) is 10.5. The Morgan fingerprint density at radius 3 is 2.05 bits per heavy atom. The molecule has 7 nitrogen and oxygen atoms in total. The maximum Gasteiger partial charge on any atom is 0.414 e. The molecule has 0 atom stereocenters. The minimum absolute atomic E-state index is 0.655. The summed E-state index contributed by atoms with van der Waals surface area (Å²) in [5, 5.41) is 18.0. The number of carboxylic acid groups (broad SMARTS) is 2. The van der Waals surface area contributed by atoms with E-state index in [4.69, 9.17) is 29.3 Å². The molecule has 0 amide bonds. The number of aliphatic carboxylic acids is 2. The van der Waals surface area contributed by atoms with Gasteiger partial charge in [-0.2, -0.15) is 0 Å². The van der Waals surface area contributed by atoms with Crippen molar-refractivity contribution in [3.63, 3.8) is 0 Å². The second-order valence-corrected chi connectivity index (χ2v) is 3.86. The highest BCUT2D eigenvalue weighted by molar-refractivity contribution is 6.27. The molecule has 0 saturated heterocycles. The molecule has 22 heavy (non-hydrogen) atoms. The molecule has 0 bridgehead atoms. The lowest BCUT2D eigenvalue weighted by Gasteiger charge is -2.07. The van der Waals surface area contributed by atoms with Crippen LogP contribution in [0, 0.1) is 0 Å². The molecule has 0 aliphatic rings. The number of benzene rings is 1. The van der Waals surface area contributed by atoms with Gasteiger partial charge in [-0.3, -0.25) is 0 Å². The normalized spacial score (nSPS) is 9.14. The fourth-order valence-electron chi connectivity index (χ4n) is 1.24. The Bertz CT molecular complexity index is 446. The number of rotatable bonds is 8. The Morgan fingerprint density at radius 1 is 1.14 bits per heavy atom. The summed E-state index contributed by atoms with van der Waals surface area (Å²) in [6, 6.07) is 7.66.